The number of hydrogen-bond acceptors (Lipinski definition) is 4. The van der Waals surface area contributed by atoms with Gasteiger partial charge in [0.05, 0.1) is 13.2 Å². The van der Waals surface area contributed by atoms with Crippen molar-refractivity contribution < 1.29 is 14.2 Å². The van der Waals surface area contributed by atoms with Crippen LogP contribution in [0.4, 0.5) is 10.1 Å². The number of piperidine rings is 1. The Balaban J connectivity index is 1.39. The highest BCUT2D eigenvalue weighted by molar-refractivity contribution is 5.53. The molecule has 3 aliphatic rings. The molecule has 25 heavy (non-hydrogen) atoms. The Morgan fingerprint density at radius 1 is 1.28 bits per heavy atom. The van der Waals surface area contributed by atoms with Crippen molar-refractivity contribution in [2.24, 2.45) is 11.3 Å². The van der Waals surface area contributed by atoms with Crippen molar-refractivity contribution in [3.8, 4) is 0 Å². The quantitative estimate of drug-likeness (QED) is 0.910. The number of aliphatic hydroxyl groups is 1. The summed E-state index contributed by atoms with van der Waals surface area (Å²) in [6, 6.07) is 5.68. The zero-order valence-corrected chi connectivity index (χ0v) is 15.1. The Morgan fingerprint density at radius 2 is 2.08 bits per heavy atom. The molecule has 0 aromatic heterocycles. The molecule has 4 rings (SSSR count). The number of anilines is 1. The number of benzene rings is 1. The second kappa shape index (κ2) is 6.86. The van der Waals surface area contributed by atoms with Crippen LogP contribution in [0.15, 0.2) is 18.2 Å². The molecule has 4 nitrogen and oxygen atoms in total. The molecule has 3 fully saturated rings. The molecule has 0 radical (unpaired) electrons. The van der Waals surface area contributed by atoms with Crippen LogP contribution in [-0.2, 0) is 4.74 Å². The standard InChI is InChI=1S/C20H29FN2O2/c1-15-10-17(21)2-3-19(15)22-7-4-18(5-8-22)23-11-16-6-9-25-14-20(16,12-23)13-24/h2-3,10,16,18,24H,4-9,11-14H2,1H3/t16-,20+/m0/s1. The van der Waals surface area contributed by atoms with Gasteiger partial charge in [-0.1, -0.05) is 0 Å². The summed E-state index contributed by atoms with van der Waals surface area (Å²) >= 11 is 0. The van der Waals surface area contributed by atoms with Crippen LogP contribution < -0.4 is 4.90 Å². The number of aryl methyl sites for hydroxylation is 1. The fourth-order valence-electron chi connectivity index (χ4n) is 5.09. The summed E-state index contributed by atoms with van der Waals surface area (Å²) in [6.07, 6.45) is 3.34. The van der Waals surface area contributed by atoms with Gasteiger partial charge in [0.25, 0.3) is 0 Å². The fraction of sp³-hybridized carbons (Fsp3) is 0.700. The molecule has 5 heteroatoms. The van der Waals surface area contributed by atoms with Crippen LogP contribution in [0.3, 0.4) is 0 Å². The smallest absolute Gasteiger partial charge is 0.123 e. The van der Waals surface area contributed by atoms with E-state index in [0.29, 0.717) is 18.6 Å². The molecule has 1 N–H and O–H groups in total. The highest BCUT2D eigenvalue weighted by Gasteiger charge is 2.49. The number of rotatable bonds is 3. The van der Waals surface area contributed by atoms with Gasteiger partial charge in [0.1, 0.15) is 5.82 Å². The first-order valence-corrected chi connectivity index (χ1v) is 9.55. The van der Waals surface area contributed by atoms with Crippen molar-refractivity contribution in [2.45, 2.75) is 32.2 Å². The van der Waals surface area contributed by atoms with E-state index in [4.69, 9.17) is 4.74 Å². The first kappa shape index (κ1) is 17.3. The van der Waals surface area contributed by atoms with Crippen LogP contribution in [0.5, 0.6) is 0 Å². The zero-order chi connectivity index (χ0) is 17.4. The zero-order valence-electron chi connectivity index (χ0n) is 15.1. The number of hydrogen-bond donors (Lipinski definition) is 1. The third-order valence-corrected chi connectivity index (χ3v) is 6.63. The second-order valence-electron chi connectivity index (χ2n) is 8.14. The van der Waals surface area contributed by atoms with Gasteiger partial charge in [0, 0.05) is 49.9 Å². The molecule has 2 atom stereocenters. The normalized spacial score (nSPS) is 31.3. The molecule has 1 aromatic rings. The third-order valence-electron chi connectivity index (χ3n) is 6.63. The number of fused-ring (bicyclic) bond motifs is 1. The summed E-state index contributed by atoms with van der Waals surface area (Å²) < 4.78 is 19.0. The van der Waals surface area contributed by atoms with Gasteiger partial charge in [-0.3, -0.25) is 4.90 Å². The van der Waals surface area contributed by atoms with Crippen LogP contribution in [-0.4, -0.2) is 62.0 Å². The van der Waals surface area contributed by atoms with Gasteiger partial charge in [-0.05, 0) is 55.9 Å². The second-order valence-corrected chi connectivity index (χ2v) is 8.14. The molecule has 0 bridgehead atoms. The van der Waals surface area contributed by atoms with Crippen LogP contribution >= 0.6 is 0 Å². The van der Waals surface area contributed by atoms with E-state index < -0.39 is 0 Å². The van der Waals surface area contributed by atoms with E-state index in [9.17, 15) is 9.50 Å². The number of halogens is 1. The van der Waals surface area contributed by atoms with Gasteiger partial charge in [-0.25, -0.2) is 4.39 Å². The summed E-state index contributed by atoms with van der Waals surface area (Å²) in [4.78, 5) is 4.99. The van der Waals surface area contributed by atoms with E-state index in [-0.39, 0.29) is 17.8 Å². The van der Waals surface area contributed by atoms with E-state index in [1.807, 2.05) is 13.0 Å². The van der Waals surface area contributed by atoms with Gasteiger partial charge >= 0.3 is 0 Å². The van der Waals surface area contributed by atoms with Gasteiger partial charge < -0.3 is 14.7 Å². The summed E-state index contributed by atoms with van der Waals surface area (Å²) in [6.45, 7) is 7.86. The topological polar surface area (TPSA) is 35.9 Å². The van der Waals surface area contributed by atoms with E-state index in [1.54, 1.807) is 12.1 Å². The molecule has 0 unspecified atom stereocenters. The molecule has 0 amide bonds. The van der Waals surface area contributed by atoms with Crippen molar-refractivity contribution in [2.75, 3.05) is 50.9 Å². The number of likely N-dealkylation sites (tertiary alicyclic amines) is 1. The minimum absolute atomic E-state index is 0.0388. The Hall–Kier alpha value is -1.17. The van der Waals surface area contributed by atoms with E-state index in [2.05, 4.69) is 9.80 Å². The Labute approximate surface area is 149 Å². The maximum atomic E-state index is 13.3. The lowest BCUT2D eigenvalue weighted by molar-refractivity contribution is -0.0566. The number of aliphatic hydroxyl groups excluding tert-OH is 1. The summed E-state index contributed by atoms with van der Waals surface area (Å²) in [5.41, 5.74) is 2.14. The molecule has 1 aromatic carbocycles. The predicted molar refractivity (Wildman–Crippen MR) is 96.4 cm³/mol. The third kappa shape index (κ3) is 3.18. The van der Waals surface area contributed by atoms with Crippen molar-refractivity contribution in [3.63, 3.8) is 0 Å². The predicted octanol–water partition coefficient (Wildman–Crippen LogP) is 2.43. The average Bonchev–Trinajstić information content (AvgIpc) is 3.02. The lowest BCUT2D eigenvalue weighted by atomic mass is 9.76. The monoisotopic (exact) mass is 348 g/mol. The maximum Gasteiger partial charge on any atom is 0.123 e. The largest absolute Gasteiger partial charge is 0.396 e. The molecule has 3 heterocycles. The van der Waals surface area contributed by atoms with Crippen molar-refractivity contribution in [3.05, 3.63) is 29.6 Å². The van der Waals surface area contributed by atoms with Gasteiger partial charge in [0.2, 0.25) is 0 Å². The SMILES string of the molecule is Cc1cc(F)ccc1N1CCC(N2C[C@@H]3CCOC[C@]3(CO)C2)CC1. The summed E-state index contributed by atoms with van der Waals surface area (Å²) in [7, 11) is 0. The number of nitrogens with zero attached hydrogens (tertiary/aromatic N) is 2. The first-order valence-electron chi connectivity index (χ1n) is 9.55. The van der Waals surface area contributed by atoms with Crippen LogP contribution in [0.2, 0.25) is 0 Å². The fourth-order valence-corrected chi connectivity index (χ4v) is 5.09. The average molecular weight is 348 g/mol. The Bertz CT molecular complexity index is 618. The highest BCUT2D eigenvalue weighted by atomic mass is 19.1. The Kier molecular flexibility index (Phi) is 4.73. The summed E-state index contributed by atoms with van der Waals surface area (Å²) in [5.74, 6) is 0.413. The minimum Gasteiger partial charge on any atom is -0.396 e. The minimum atomic E-state index is -0.160. The van der Waals surface area contributed by atoms with Crippen LogP contribution in [0, 0.1) is 24.1 Å². The first-order chi connectivity index (χ1) is 12.1. The van der Waals surface area contributed by atoms with Gasteiger partial charge in [-0.15, -0.1) is 0 Å². The van der Waals surface area contributed by atoms with Gasteiger partial charge in [-0.2, -0.15) is 0 Å². The maximum absolute atomic E-state index is 13.3. The molecule has 0 aliphatic carbocycles. The van der Waals surface area contributed by atoms with Crippen molar-refractivity contribution in [1.82, 2.24) is 4.90 Å². The molecule has 3 aliphatic heterocycles. The summed E-state index contributed by atoms with van der Waals surface area (Å²) in [5, 5.41) is 9.97. The van der Waals surface area contributed by atoms with E-state index >= 15 is 0 Å². The van der Waals surface area contributed by atoms with Gasteiger partial charge in [0.15, 0.2) is 0 Å². The molecular weight excluding hydrogens is 319 g/mol. The highest BCUT2D eigenvalue weighted by Crippen LogP contribution is 2.42. The molecule has 138 valence electrons. The molecular formula is C20H29FN2O2. The molecule has 0 saturated carbocycles. The number of ether oxygens (including phenoxy) is 1. The Morgan fingerprint density at radius 3 is 2.76 bits per heavy atom. The van der Waals surface area contributed by atoms with Crippen LogP contribution in [0.1, 0.15) is 24.8 Å². The lowest BCUT2D eigenvalue weighted by Crippen LogP contribution is -2.46. The van der Waals surface area contributed by atoms with E-state index in [1.165, 1.54) is 0 Å². The lowest BCUT2D eigenvalue weighted by Gasteiger charge is -2.39. The van der Waals surface area contributed by atoms with Crippen molar-refractivity contribution >= 4 is 5.69 Å². The van der Waals surface area contributed by atoms with Crippen molar-refractivity contribution in [1.29, 1.82) is 0 Å². The van der Waals surface area contributed by atoms with E-state index in [0.717, 1.165) is 63.3 Å². The molecule has 3 saturated heterocycles. The van der Waals surface area contributed by atoms with Crippen LogP contribution in [0.25, 0.3) is 0 Å². The molecule has 0 spiro atoms.